The lowest BCUT2D eigenvalue weighted by Crippen LogP contribution is -2.22. The highest BCUT2D eigenvalue weighted by Gasteiger charge is 2.30. The van der Waals surface area contributed by atoms with Crippen LogP contribution in [-0.2, 0) is 0 Å². The third kappa shape index (κ3) is 1.38. The van der Waals surface area contributed by atoms with E-state index in [1.807, 2.05) is 0 Å². The van der Waals surface area contributed by atoms with Crippen molar-refractivity contribution in [2.75, 3.05) is 13.1 Å². The zero-order valence-corrected chi connectivity index (χ0v) is 8.34. The number of allylic oxidation sites excluding steroid dienone is 2. The van der Waals surface area contributed by atoms with Crippen molar-refractivity contribution in [2.45, 2.75) is 38.5 Å². The van der Waals surface area contributed by atoms with Gasteiger partial charge in [0.2, 0.25) is 0 Å². The summed E-state index contributed by atoms with van der Waals surface area (Å²) < 4.78 is 0. The van der Waals surface area contributed by atoms with Gasteiger partial charge >= 0.3 is 0 Å². The van der Waals surface area contributed by atoms with Crippen LogP contribution in [0.4, 0.5) is 0 Å². The minimum atomic E-state index is 0.953. The van der Waals surface area contributed by atoms with E-state index in [4.69, 9.17) is 0 Å². The zero-order valence-electron chi connectivity index (χ0n) is 8.34. The molecule has 1 saturated heterocycles. The van der Waals surface area contributed by atoms with Gasteiger partial charge in [0, 0.05) is 18.8 Å². The zero-order chi connectivity index (χ0) is 8.67. The average molecular weight is 177 g/mol. The van der Waals surface area contributed by atoms with E-state index in [1.54, 1.807) is 5.70 Å². The first-order chi connectivity index (χ1) is 6.42. The Morgan fingerprint density at radius 3 is 2.77 bits per heavy atom. The molecule has 0 aromatic carbocycles. The van der Waals surface area contributed by atoms with Gasteiger partial charge in [-0.3, -0.25) is 0 Å². The van der Waals surface area contributed by atoms with E-state index in [9.17, 15) is 0 Å². The van der Waals surface area contributed by atoms with Crippen LogP contribution in [0.1, 0.15) is 38.5 Å². The van der Waals surface area contributed by atoms with Gasteiger partial charge in [-0.2, -0.15) is 0 Å². The second-order valence-corrected chi connectivity index (χ2v) is 5.00. The summed E-state index contributed by atoms with van der Waals surface area (Å²) in [5.74, 6) is 2.00. The molecule has 1 heterocycles. The Morgan fingerprint density at radius 2 is 2.00 bits per heavy atom. The highest BCUT2D eigenvalue weighted by atomic mass is 15.1. The Kier molecular flexibility index (Phi) is 1.85. The average Bonchev–Trinajstić information content (AvgIpc) is 2.75. The molecule has 0 radical (unpaired) electrons. The van der Waals surface area contributed by atoms with Gasteiger partial charge in [0.1, 0.15) is 0 Å². The van der Waals surface area contributed by atoms with Crippen molar-refractivity contribution in [3.63, 3.8) is 0 Å². The molecule has 2 fully saturated rings. The smallest absolute Gasteiger partial charge is 0.0175 e. The summed E-state index contributed by atoms with van der Waals surface area (Å²) in [4.78, 5) is 2.64. The normalized spacial score (nSPS) is 38.2. The van der Waals surface area contributed by atoms with E-state index < -0.39 is 0 Å². The van der Waals surface area contributed by atoms with Crippen LogP contribution < -0.4 is 0 Å². The minimum Gasteiger partial charge on any atom is -0.375 e. The summed E-state index contributed by atoms with van der Waals surface area (Å²) in [5, 5.41) is 0. The summed E-state index contributed by atoms with van der Waals surface area (Å²) in [7, 11) is 0. The van der Waals surface area contributed by atoms with Crippen LogP contribution in [-0.4, -0.2) is 18.0 Å². The van der Waals surface area contributed by atoms with Crippen molar-refractivity contribution in [3.8, 4) is 0 Å². The molecule has 72 valence electrons. The molecule has 1 nitrogen and oxygen atoms in total. The molecule has 1 aliphatic heterocycles. The Morgan fingerprint density at radius 1 is 1.15 bits per heavy atom. The maximum absolute atomic E-state index is 2.64. The predicted octanol–water partition coefficient (Wildman–Crippen LogP) is 2.79. The Labute approximate surface area is 80.8 Å². The summed E-state index contributed by atoms with van der Waals surface area (Å²) in [5.41, 5.74) is 1.70. The van der Waals surface area contributed by atoms with E-state index in [-0.39, 0.29) is 0 Å². The summed E-state index contributed by atoms with van der Waals surface area (Å²) in [6.45, 7) is 2.68. The second kappa shape index (κ2) is 3.04. The van der Waals surface area contributed by atoms with Crippen LogP contribution in [0.5, 0.6) is 0 Å². The van der Waals surface area contributed by atoms with Crippen molar-refractivity contribution in [2.24, 2.45) is 11.8 Å². The maximum Gasteiger partial charge on any atom is 0.0175 e. The molecule has 0 spiro atoms. The van der Waals surface area contributed by atoms with Gasteiger partial charge in [-0.05, 0) is 50.4 Å². The van der Waals surface area contributed by atoms with E-state index in [0.29, 0.717) is 0 Å². The lowest BCUT2D eigenvalue weighted by Gasteiger charge is -2.27. The fourth-order valence-electron chi connectivity index (χ4n) is 3.33. The van der Waals surface area contributed by atoms with Crippen LogP contribution in [0.15, 0.2) is 11.8 Å². The molecule has 3 aliphatic rings. The molecule has 2 unspecified atom stereocenters. The van der Waals surface area contributed by atoms with Crippen molar-refractivity contribution in [1.82, 2.24) is 4.90 Å². The topological polar surface area (TPSA) is 3.24 Å². The van der Waals surface area contributed by atoms with Crippen LogP contribution in [0.3, 0.4) is 0 Å². The van der Waals surface area contributed by atoms with Crippen molar-refractivity contribution < 1.29 is 0 Å². The summed E-state index contributed by atoms with van der Waals surface area (Å²) >= 11 is 0. The first-order valence-corrected chi connectivity index (χ1v) is 5.87. The molecule has 0 amide bonds. The van der Waals surface area contributed by atoms with E-state index in [0.717, 1.165) is 11.8 Å². The number of fused-ring (bicyclic) bond motifs is 2. The predicted molar refractivity (Wildman–Crippen MR) is 54.3 cm³/mol. The molecule has 2 bridgehead atoms. The van der Waals surface area contributed by atoms with Crippen LogP contribution in [0.2, 0.25) is 0 Å². The van der Waals surface area contributed by atoms with Crippen LogP contribution in [0, 0.1) is 11.8 Å². The number of likely N-dealkylation sites (tertiary alicyclic amines) is 1. The van der Waals surface area contributed by atoms with E-state index in [1.165, 1.54) is 51.6 Å². The summed E-state index contributed by atoms with van der Waals surface area (Å²) in [6, 6.07) is 0. The van der Waals surface area contributed by atoms with E-state index >= 15 is 0 Å². The lowest BCUT2D eigenvalue weighted by atomic mass is 9.92. The van der Waals surface area contributed by atoms with Gasteiger partial charge in [0.25, 0.3) is 0 Å². The van der Waals surface area contributed by atoms with Gasteiger partial charge in [0.05, 0.1) is 0 Å². The van der Waals surface area contributed by atoms with Crippen molar-refractivity contribution >= 4 is 0 Å². The Bertz CT molecular complexity index is 225. The van der Waals surface area contributed by atoms with Gasteiger partial charge in [-0.1, -0.05) is 6.08 Å². The number of hydrogen-bond acceptors (Lipinski definition) is 1. The molecule has 1 saturated carbocycles. The summed E-state index contributed by atoms with van der Waals surface area (Å²) in [6.07, 6.45) is 11.3. The van der Waals surface area contributed by atoms with Crippen molar-refractivity contribution in [1.29, 1.82) is 0 Å². The quantitative estimate of drug-likeness (QED) is 0.595. The third-order valence-electron chi connectivity index (χ3n) is 4.02. The fraction of sp³-hybridized carbons (Fsp3) is 0.833. The molecular weight excluding hydrogens is 158 g/mol. The number of hydrogen-bond donors (Lipinski definition) is 0. The highest BCUT2D eigenvalue weighted by Crippen LogP contribution is 2.42. The van der Waals surface area contributed by atoms with Gasteiger partial charge in [-0.25, -0.2) is 0 Å². The number of rotatable bonds is 1. The molecular formula is C12H19N. The maximum atomic E-state index is 2.64. The Balaban J connectivity index is 1.76. The third-order valence-corrected chi connectivity index (χ3v) is 4.02. The molecule has 0 N–H and O–H groups in total. The van der Waals surface area contributed by atoms with E-state index in [2.05, 4.69) is 11.0 Å². The molecule has 1 heteroatoms. The van der Waals surface area contributed by atoms with Gasteiger partial charge in [0.15, 0.2) is 0 Å². The number of nitrogens with zero attached hydrogens (tertiary/aromatic N) is 1. The molecule has 2 aliphatic carbocycles. The first kappa shape index (κ1) is 7.90. The highest BCUT2D eigenvalue weighted by molar-refractivity contribution is 5.12. The molecule has 0 aromatic rings. The van der Waals surface area contributed by atoms with Crippen LogP contribution in [0.25, 0.3) is 0 Å². The second-order valence-electron chi connectivity index (χ2n) is 5.00. The molecule has 2 atom stereocenters. The molecule has 13 heavy (non-hydrogen) atoms. The monoisotopic (exact) mass is 177 g/mol. The van der Waals surface area contributed by atoms with Gasteiger partial charge in [-0.15, -0.1) is 0 Å². The first-order valence-electron chi connectivity index (χ1n) is 5.87. The molecule has 3 rings (SSSR count). The largest absolute Gasteiger partial charge is 0.375 e. The van der Waals surface area contributed by atoms with Crippen molar-refractivity contribution in [3.05, 3.63) is 11.8 Å². The SMILES string of the molecule is C1=C(N2CCCC2)CC2CCC1C2. The fourth-order valence-corrected chi connectivity index (χ4v) is 3.33. The minimum absolute atomic E-state index is 0.953. The Hall–Kier alpha value is -0.460. The standard InChI is InChI=1S/C12H19N/c1-2-6-13(5-1)12-8-10-3-4-11(7-10)9-12/h8,10-11H,1-7,9H2. The van der Waals surface area contributed by atoms with Crippen LogP contribution >= 0.6 is 0 Å². The lowest BCUT2D eigenvalue weighted by molar-refractivity contribution is 0.356. The molecule has 0 aromatic heterocycles. The van der Waals surface area contributed by atoms with Gasteiger partial charge < -0.3 is 4.90 Å².